The van der Waals surface area contributed by atoms with E-state index in [1.165, 1.54) is 0 Å². The van der Waals surface area contributed by atoms with E-state index in [1.54, 1.807) is 18.0 Å². The van der Waals surface area contributed by atoms with Crippen LogP contribution in [0.1, 0.15) is 11.1 Å². The van der Waals surface area contributed by atoms with E-state index in [-0.39, 0.29) is 11.4 Å². The van der Waals surface area contributed by atoms with Crippen LogP contribution in [0.15, 0.2) is 53.5 Å². The number of benzodiazepines with no additional fused rings is 1. The SMILES string of the molecule is CN1CCN(C(S)NC2N=C(c3ccccc3)c3cc(Cl)ccc3N(C)C2=O)CC1. The average molecular weight is 444 g/mol. The predicted octanol–water partition coefficient (Wildman–Crippen LogP) is 2.53. The minimum Gasteiger partial charge on any atom is -0.312 e. The first-order valence-electron chi connectivity index (χ1n) is 10.0. The molecule has 0 bridgehead atoms. The molecule has 1 fully saturated rings. The molecule has 8 heteroatoms. The van der Waals surface area contributed by atoms with E-state index in [0.717, 1.165) is 48.7 Å². The van der Waals surface area contributed by atoms with Gasteiger partial charge >= 0.3 is 0 Å². The average Bonchev–Trinajstić information content (AvgIpc) is 2.85. The Morgan fingerprint density at radius 2 is 1.80 bits per heavy atom. The minimum absolute atomic E-state index is 0.127. The third-order valence-corrected chi connectivity index (χ3v) is 6.35. The van der Waals surface area contributed by atoms with Crippen LogP contribution in [0.5, 0.6) is 0 Å². The summed E-state index contributed by atoms with van der Waals surface area (Å²) >= 11 is 11.1. The van der Waals surface area contributed by atoms with Gasteiger partial charge in [0, 0.05) is 49.4 Å². The van der Waals surface area contributed by atoms with Crippen molar-refractivity contribution in [3.63, 3.8) is 0 Å². The second-order valence-electron chi connectivity index (χ2n) is 7.68. The van der Waals surface area contributed by atoms with Gasteiger partial charge in [-0.2, -0.15) is 0 Å². The number of aliphatic imine (C=N–C) groups is 1. The first kappa shape index (κ1) is 21.3. The number of rotatable bonds is 4. The highest BCUT2D eigenvalue weighted by Gasteiger charge is 2.32. The summed E-state index contributed by atoms with van der Waals surface area (Å²) in [6.07, 6.45) is -0.751. The minimum atomic E-state index is -0.751. The Hall–Kier alpha value is -1.90. The number of piperazine rings is 1. The Kier molecular flexibility index (Phi) is 6.46. The number of hydrogen-bond donors (Lipinski definition) is 2. The van der Waals surface area contributed by atoms with E-state index in [0.29, 0.717) is 5.02 Å². The van der Waals surface area contributed by atoms with Crippen LogP contribution in [0.2, 0.25) is 5.02 Å². The Labute approximate surface area is 187 Å². The number of amides is 1. The van der Waals surface area contributed by atoms with Crippen LogP contribution in [-0.2, 0) is 4.79 Å². The molecule has 1 saturated heterocycles. The molecule has 0 aliphatic carbocycles. The van der Waals surface area contributed by atoms with Crippen LogP contribution < -0.4 is 10.2 Å². The van der Waals surface area contributed by atoms with Crippen LogP contribution in [0.25, 0.3) is 0 Å². The largest absolute Gasteiger partial charge is 0.312 e. The van der Waals surface area contributed by atoms with Crippen LogP contribution in [0.3, 0.4) is 0 Å². The molecule has 6 nitrogen and oxygen atoms in total. The van der Waals surface area contributed by atoms with E-state index in [1.807, 2.05) is 42.5 Å². The first-order valence-corrected chi connectivity index (χ1v) is 10.9. The number of carbonyl (C=O) groups is 1. The molecule has 0 radical (unpaired) electrons. The zero-order valence-corrected chi connectivity index (χ0v) is 18.8. The van der Waals surface area contributed by atoms with Gasteiger partial charge in [0.25, 0.3) is 5.91 Å². The second kappa shape index (κ2) is 9.08. The van der Waals surface area contributed by atoms with E-state index in [9.17, 15) is 4.79 Å². The quantitative estimate of drug-likeness (QED) is 0.563. The molecule has 2 unspecified atom stereocenters. The topological polar surface area (TPSA) is 51.2 Å². The Bertz CT molecular complexity index is 946. The Morgan fingerprint density at radius 3 is 2.50 bits per heavy atom. The summed E-state index contributed by atoms with van der Waals surface area (Å²) in [5.41, 5.74) is 3.02. The van der Waals surface area contributed by atoms with Crippen molar-refractivity contribution in [1.82, 2.24) is 15.1 Å². The summed E-state index contributed by atoms with van der Waals surface area (Å²) in [6.45, 7) is 3.72. The zero-order chi connectivity index (χ0) is 21.3. The van der Waals surface area contributed by atoms with Gasteiger partial charge in [0.15, 0.2) is 6.17 Å². The highest BCUT2D eigenvalue weighted by atomic mass is 35.5. The highest BCUT2D eigenvalue weighted by molar-refractivity contribution is 7.80. The number of thiol groups is 1. The monoisotopic (exact) mass is 443 g/mol. The van der Waals surface area contributed by atoms with Gasteiger partial charge in [-0.15, -0.1) is 12.6 Å². The van der Waals surface area contributed by atoms with Crippen LogP contribution >= 0.6 is 24.2 Å². The standard InChI is InChI=1S/C22H26ClN5OS/c1-26-10-12-28(13-11-26)22(30)25-20-21(29)27(2)18-9-8-16(23)14-17(18)19(24-20)15-6-4-3-5-7-15/h3-9,14,20,22,25,30H,10-13H2,1-2H3. The predicted molar refractivity (Wildman–Crippen MR) is 126 cm³/mol. The molecular formula is C22H26ClN5OS. The van der Waals surface area contributed by atoms with Gasteiger partial charge in [0.2, 0.25) is 0 Å². The summed E-state index contributed by atoms with van der Waals surface area (Å²) in [6, 6.07) is 15.4. The maximum Gasteiger partial charge on any atom is 0.266 e. The van der Waals surface area contributed by atoms with Gasteiger partial charge in [0.05, 0.1) is 11.4 Å². The Morgan fingerprint density at radius 1 is 1.10 bits per heavy atom. The number of benzene rings is 2. The third-order valence-electron chi connectivity index (χ3n) is 5.64. The molecule has 1 amide bonds. The van der Waals surface area contributed by atoms with Gasteiger partial charge in [-0.05, 0) is 25.2 Å². The van der Waals surface area contributed by atoms with Crippen molar-refractivity contribution < 1.29 is 4.79 Å². The van der Waals surface area contributed by atoms with Crippen molar-refractivity contribution in [2.24, 2.45) is 4.99 Å². The number of nitrogens with zero attached hydrogens (tertiary/aromatic N) is 4. The first-order chi connectivity index (χ1) is 14.4. The molecule has 2 aromatic carbocycles. The van der Waals surface area contributed by atoms with E-state index < -0.39 is 6.17 Å². The summed E-state index contributed by atoms with van der Waals surface area (Å²) in [4.78, 5) is 24.3. The summed E-state index contributed by atoms with van der Waals surface area (Å²) in [5.74, 6) is -0.127. The fourth-order valence-electron chi connectivity index (χ4n) is 3.79. The number of nitrogens with one attached hydrogen (secondary N) is 1. The van der Waals surface area contributed by atoms with Gasteiger partial charge in [-0.1, -0.05) is 41.9 Å². The lowest BCUT2D eigenvalue weighted by molar-refractivity contribution is -0.120. The number of hydrogen-bond acceptors (Lipinski definition) is 6. The van der Waals surface area contributed by atoms with E-state index in [4.69, 9.17) is 29.2 Å². The van der Waals surface area contributed by atoms with Crippen molar-refractivity contribution in [1.29, 1.82) is 0 Å². The molecule has 158 valence electrons. The van der Waals surface area contributed by atoms with Crippen molar-refractivity contribution in [3.05, 3.63) is 64.7 Å². The number of halogens is 1. The fourth-order valence-corrected chi connectivity index (χ4v) is 4.34. The molecule has 0 spiro atoms. The number of fused-ring (bicyclic) bond motifs is 1. The van der Waals surface area contributed by atoms with Crippen LogP contribution in [-0.4, -0.2) is 73.4 Å². The summed E-state index contributed by atoms with van der Waals surface area (Å²) in [5, 5.41) is 3.94. The number of carbonyl (C=O) groups excluding carboxylic acids is 1. The lowest BCUT2D eigenvalue weighted by atomic mass is 10.0. The fraction of sp³-hybridized carbons (Fsp3) is 0.364. The number of anilines is 1. The number of likely N-dealkylation sites (N-methyl/N-ethyl adjacent to an activating group) is 2. The maximum atomic E-state index is 13.3. The summed E-state index contributed by atoms with van der Waals surface area (Å²) < 4.78 is 0. The van der Waals surface area contributed by atoms with Gasteiger partial charge in [-0.25, -0.2) is 0 Å². The highest BCUT2D eigenvalue weighted by Crippen LogP contribution is 2.30. The molecule has 4 rings (SSSR count). The van der Waals surface area contributed by atoms with Gasteiger partial charge in [-0.3, -0.25) is 20.0 Å². The molecular weight excluding hydrogens is 418 g/mol. The Balaban J connectivity index is 1.70. The smallest absolute Gasteiger partial charge is 0.266 e. The molecule has 0 aromatic heterocycles. The summed E-state index contributed by atoms with van der Waals surface area (Å²) in [7, 11) is 3.89. The van der Waals surface area contributed by atoms with Gasteiger partial charge in [0.1, 0.15) is 5.50 Å². The molecule has 2 aliphatic heterocycles. The van der Waals surface area contributed by atoms with Crippen LogP contribution in [0, 0.1) is 0 Å². The van der Waals surface area contributed by atoms with E-state index in [2.05, 4.69) is 22.2 Å². The van der Waals surface area contributed by atoms with Crippen molar-refractivity contribution >= 4 is 41.5 Å². The lowest BCUT2D eigenvalue weighted by Crippen LogP contribution is -2.56. The molecule has 2 heterocycles. The van der Waals surface area contributed by atoms with Crippen LogP contribution in [0.4, 0.5) is 5.69 Å². The molecule has 2 aliphatic rings. The zero-order valence-electron chi connectivity index (χ0n) is 17.1. The van der Waals surface area contributed by atoms with E-state index >= 15 is 0 Å². The molecule has 2 atom stereocenters. The van der Waals surface area contributed by atoms with Gasteiger partial charge < -0.3 is 9.80 Å². The normalized spacial score (nSPS) is 21.7. The maximum absolute atomic E-state index is 13.3. The lowest BCUT2D eigenvalue weighted by Gasteiger charge is -2.37. The van der Waals surface area contributed by atoms with Crippen molar-refractivity contribution in [2.75, 3.05) is 45.2 Å². The molecule has 2 aromatic rings. The molecule has 0 saturated carbocycles. The van der Waals surface area contributed by atoms with Crippen molar-refractivity contribution in [3.8, 4) is 0 Å². The third kappa shape index (κ3) is 4.40. The van der Waals surface area contributed by atoms with Crippen molar-refractivity contribution in [2.45, 2.75) is 11.7 Å². The second-order valence-corrected chi connectivity index (χ2v) is 8.61. The molecule has 30 heavy (non-hydrogen) atoms. The molecule has 1 N–H and O–H groups in total.